The van der Waals surface area contributed by atoms with Crippen LogP contribution in [0.5, 0.6) is 5.75 Å². The Balaban J connectivity index is 1.66. The number of piperidine rings is 2. The topological polar surface area (TPSA) is 76.5 Å². The number of carbonyl (C=O) groups is 1. The van der Waals surface area contributed by atoms with Gasteiger partial charge in [-0.1, -0.05) is 6.07 Å². The second kappa shape index (κ2) is 8.68. The van der Waals surface area contributed by atoms with Crippen LogP contribution in [0.3, 0.4) is 0 Å². The van der Waals surface area contributed by atoms with Crippen LogP contribution in [0.1, 0.15) is 30.9 Å². The minimum Gasteiger partial charge on any atom is -0.494 e. The minimum atomic E-state index is -0.672. The van der Waals surface area contributed by atoms with Crippen molar-refractivity contribution in [2.75, 3.05) is 46.9 Å². The number of ether oxygens (including phenoxy) is 1. The summed E-state index contributed by atoms with van der Waals surface area (Å²) in [7, 11) is 3.53. The van der Waals surface area contributed by atoms with E-state index in [2.05, 4.69) is 4.90 Å². The second-order valence-electron chi connectivity index (χ2n) is 8.19. The Morgan fingerprint density at radius 3 is 2.71 bits per heavy atom. The zero-order valence-electron chi connectivity index (χ0n) is 17.2. The third kappa shape index (κ3) is 4.42. The van der Waals surface area contributed by atoms with Gasteiger partial charge in [0, 0.05) is 58.3 Å². The zero-order chi connectivity index (χ0) is 20.3. The standard InChI is InChI=1S/C21H33N3O4/c1-4-28-19-6-5-16(11-17(19)15-25)12-23-9-7-21(27)8-10-24(14-18(21)13-23)20(26)22(2)3/h5-6,11,18,25,27H,4,7-10,12-15H2,1-3H3/t18-,21-/m1/s1. The fraction of sp³-hybridized carbons (Fsp3) is 0.667. The fourth-order valence-corrected chi connectivity index (χ4v) is 4.38. The largest absolute Gasteiger partial charge is 0.494 e. The number of benzene rings is 1. The zero-order valence-corrected chi connectivity index (χ0v) is 17.2. The molecule has 2 N–H and O–H groups in total. The average Bonchev–Trinajstić information content (AvgIpc) is 2.68. The van der Waals surface area contributed by atoms with Crippen LogP contribution in [0.15, 0.2) is 18.2 Å². The van der Waals surface area contributed by atoms with Crippen molar-refractivity contribution in [3.8, 4) is 5.75 Å². The van der Waals surface area contributed by atoms with E-state index in [4.69, 9.17) is 4.74 Å². The second-order valence-corrected chi connectivity index (χ2v) is 8.19. The maximum atomic E-state index is 12.3. The van der Waals surface area contributed by atoms with Gasteiger partial charge in [0.05, 0.1) is 18.8 Å². The van der Waals surface area contributed by atoms with Crippen molar-refractivity contribution in [3.05, 3.63) is 29.3 Å². The van der Waals surface area contributed by atoms with E-state index in [9.17, 15) is 15.0 Å². The Hall–Kier alpha value is -1.83. The van der Waals surface area contributed by atoms with E-state index < -0.39 is 5.60 Å². The molecule has 7 heteroatoms. The predicted octanol–water partition coefficient (Wildman–Crippen LogP) is 1.52. The number of rotatable bonds is 5. The Labute approximate surface area is 167 Å². The van der Waals surface area contributed by atoms with Gasteiger partial charge in [0.2, 0.25) is 0 Å². The highest BCUT2D eigenvalue weighted by molar-refractivity contribution is 5.74. The van der Waals surface area contributed by atoms with Crippen LogP contribution in [-0.2, 0) is 13.2 Å². The molecule has 0 radical (unpaired) electrons. The maximum absolute atomic E-state index is 12.3. The van der Waals surface area contributed by atoms with Crippen LogP contribution in [0.4, 0.5) is 4.79 Å². The predicted molar refractivity (Wildman–Crippen MR) is 107 cm³/mol. The lowest BCUT2D eigenvalue weighted by Gasteiger charge is -2.50. The number of aliphatic hydroxyl groups excluding tert-OH is 1. The highest BCUT2D eigenvalue weighted by Crippen LogP contribution is 2.36. The summed E-state index contributed by atoms with van der Waals surface area (Å²) >= 11 is 0. The quantitative estimate of drug-likeness (QED) is 0.796. The molecule has 1 aromatic rings. The molecule has 2 heterocycles. The molecule has 2 aliphatic rings. The van der Waals surface area contributed by atoms with Crippen molar-refractivity contribution in [1.82, 2.24) is 14.7 Å². The van der Waals surface area contributed by atoms with Crippen molar-refractivity contribution < 1.29 is 19.7 Å². The van der Waals surface area contributed by atoms with Gasteiger partial charge in [0.15, 0.2) is 0 Å². The molecule has 28 heavy (non-hydrogen) atoms. The number of aliphatic hydroxyl groups is 2. The number of likely N-dealkylation sites (tertiary alicyclic amines) is 2. The third-order valence-electron chi connectivity index (χ3n) is 6.01. The summed E-state index contributed by atoms with van der Waals surface area (Å²) in [5.41, 5.74) is 1.25. The van der Waals surface area contributed by atoms with E-state index in [1.54, 1.807) is 19.0 Å². The molecule has 0 unspecified atom stereocenters. The normalized spacial score (nSPS) is 25.3. The van der Waals surface area contributed by atoms with Gasteiger partial charge in [-0.15, -0.1) is 0 Å². The molecule has 2 saturated heterocycles. The number of hydrogen-bond acceptors (Lipinski definition) is 5. The molecule has 2 aliphatic heterocycles. The summed E-state index contributed by atoms with van der Waals surface area (Å²) < 4.78 is 5.56. The van der Waals surface area contributed by atoms with Crippen LogP contribution >= 0.6 is 0 Å². The number of fused-ring (bicyclic) bond motifs is 1. The molecule has 0 spiro atoms. The molecule has 2 amide bonds. The van der Waals surface area contributed by atoms with Gasteiger partial charge in [-0.05, 0) is 37.5 Å². The van der Waals surface area contributed by atoms with Gasteiger partial charge in [-0.3, -0.25) is 4.90 Å². The van der Waals surface area contributed by atoms with Crippen molar-refractivity contribution >= 4 is 6.03 Å². The highest BCUT2D eigenvalue weighted by atomic mass is 16.5. The number of amides is 2. The number of urea groups is 1. The Bertz CT molecular complexity index is 696. The number of nitrogens with zero attached hydrogens (tertiary/aromatic N) is 3. The molecule has 0 bridgehead atoms. The Morgan fingerprint density at radius 2 is 2.04 bits per heavy atom. The molecule has 7 nitrogen and oxygen atoms in total. The summed E-state index contributed by atoms with van der Waals surface area (Å²) in [4.78, 5) is 18.1. The first kappa shape index (κ1) is 20.9. The maximum Gasteiger partial charge on any atom is 0.319 e. The Kier molecular flexibility index (Phi) is 6.47. The van der Waals surface area contributed by atoms with E-state index in [1.165, 1.54) is 0 Å². The SMILES string of the molecule is CCOc1ccc(CN2CC[C@@]3(O)CCN(C(=O)N(C)C)C[C@H]3C2)cc1CO. The molecule has 1 aromatic carbocycles. The first-order valence-corrected chi connectivity index (χ1v) is 10.1. The lowest BCUT2D eigenvalue weighted by molar-refractivity contribution is -0.108. The molecule has 0 aromatic heterocycles. The highest BCUT2D eigenvalue weighted by Gasteiger charge is 2.46. The van der Waals surface area contributed by atoms with E-state index in [0.29, 0.717) is 26.1 Å². The van der Waals surface area contributed by atoms with Crippen LogP contribution in [0.25, 0.3) is 0 Å². The van der Waals surface area contributed by atoms with Crippen LogP contribution in [-0.4, -0.2) is 83.4 Å². The summed E-state index contributed by atoms with van der Waals surface area (Å²) in [5.74, 6) is 0.783. The van der Waals surface area contributed by atoms with E-state index in [0.717, 1.165) is 42.9 Å². The third-order valence-corrected chi connectivity index (χ3v) is 6.01. The van der Waals surface area contributed by atoms with Crippen LogP contribution in [0, 0.1) is 5.92 Å². The van der Waals surface area contributed by atoms with Crippen molar-refractivity contribution in [2.24, 2.45) is 5.92 Å². The van der Waals surface area contributed by atoms with Gasteiger partial charge in [-0.2, -0.15) is 0 Å². The summed E-state index contributed by atoms with van der Waals surface area (Å²) in [6, 6.07) is 5.96. The number of carbonyl (C=O) groups excluding carboxylic acids is 1. The summed E-state index contributed by atoms with van der Waals surface area (Å²) in [6.07, 6.45) is 1.37. The molecule has 2 atom stereocenters. The van der Waals surface area contributed by atoms with Crippen molar-refractivity contribution in [1.29, 1.82) is 0 Å². The average molecular weight is 392 g/mol. The number of hydrogen-bond donors (Lipinski definition) is 2. The van der Waals surface area contributed by atoms with Gasteiger partial charge in [0.1, 0.15) is 5.75 Å². The molecule has 156 valence electrons. The van der Waals surface area contributed by atoms with Crippen LogP contribution in [0.2, 0.25) is 0 Å². The van der Waals surface area contributed by atoms with Gasteiger partial charge in [0.25, 0.3) is 0 Å². The molecular weight excluding hydrogens is 358 g/mol. The van der Waals surface area contributed by atoms with Gasteiger partial charge in [-0.25, -0.2) is 4.79 Å². The smallest absolute Gasteiger partial charge is 0.319 e. The first-order valence-electron chi connectivity index (χ1n) is 10.1. The van der Waals surface area contributed by atoms with Crippen molar-refractivity contribution in [2.45, 2.75) is 38.5 Å². The van der Waals surface area contributed by atoms with Crippen LogP contribution < -0.4 is 4.74 Å². The molecule has 0 saturated carbocycles. The van der Waals surface area contributed by atoms with Gasteiger partial charge >= 0.3 is 6.03 Å². The summed E-state index contributed by atoms with van der Waals surface area (Å²) in [6.45, 7) is 6.00. The molecule has 3 rings (SSSR count). The fourth-order valence-electron chi connectivity index (χ4n) is 4.38. The van der Waals surface area contributed by atoms with E-state index in [1.807, 2.05) is 30.0 Å². The van der Waals surface area contributed by atoms with Crippen molar-refractivity contribution in [3.63, 3.8) is 0 Å². The molecule has 0 aliphatic carbocycles. The van der Waals surface area contributed by atoms with E-state index in [-0.39, 0.29) is 18.6 Å². The first-order chi connectivity index (χ1) is 13.4. The molecule has 2 fully saturated rings. The monoisotopic (exact) mass is 391 g/mol. The van der Waals surface area contributed by atoms with Gasteiger partial charge < -0.3 is 24.7 Å². The molecular formula is C21H33N3O4. The lowest BCUT2D eigenvalue weighted by atomic mass is 9.75. The minimum absolute atomic E-state index is 0.0123. The Morgan fingerprint density at radius 1 is 1.29 bits per heavy atom. The van der Waals surface area contributed by atoms with E-state index >= 15 is 0 Å². The summed E-state index contributed by atoms with van der Waals surface area (Å²) in [5, 5.41) is 20.7. The lowest BCUT2D eigenvalue weighted by Crippen LogP contribution is -2.61.